The van der Waals surface area contributed by atoms with Gasteiger partial charge in [0, 0.05) is 39.9 Å². The van der Waals surface area contributed by atoms with E-state index in [1.54, 1.807) is 11.8 Å². The maximum Gasteiger partial charge on any atom is 0.416 e. The van der Waals surface area contributed by atoms with Crippen molar-refractivity contribution in [2.45, 2.75) is 43.3 Å². The van der Waals surface area contributed by atoms with Crippen molar-refractivity contribution in [2.24, 2.45) is 0 Å². The Labute approximate surface area is 238 Å². The number of hydrogen-bond acceptors (Lipinski definition) is 5. The molecule has 0 aliphatic carbocycles. The Morgan fingerprint density at radius 2 is 1.75 bits per heavy atom. The summed E-state index contributed by atoms with van der Waals surface area (Å²) >= 11 is 7.48. The molecule has 0 spiro atoms. The highest BCUT2D eigenvalue weighted by Gasteiger charge is 2.34. The van der Waals surface area contributed by atoms with Gasteiger partial charge in [0.2, 0.25) is 5.91 Å². The molecular weight excluding hydrogens is 565 g/mol. The maximum atomic E-state index is 13.7. The van der Waals surface area contributed by atoms with Crippen LogP contribution in [0.5, 0.6) is 0 Å². The molecule has 4 N–H and O–H groups in total. The number of aliphatic hydroxyl groups is 3. The number of nitrogens with one attached hydrogen (secondary N) is 1. The van der Waals surface area contributed by atoms with Gasteiger partial charge >= 0.3 is 6.18 Å². The molecule has 6 nitrogen and oxygen atoms in total. The standard InChI is InChI=1S/C29H28ClF3N2O4S/c1-3-40-23-9-5-17(6-10-23)25(16-36)34-27(37)19-7-11-26-20(12-19)14-22(35(26)28(2,38)39)13-18-4-8-21(30)15-24(18)29(31,32)33/h4-12,14-15,25,36,38-39H,3,13,16H2,1-2H3,(H,34,37). The Balaban J connectivity index is 1.67. The molecule has 1 atom stereocenters. The van der Waals surface area contributed by atoms with Crippen LogP contribution in [-0.2, 0) is 18.5 Å². The summed E-state index contributed by atoms with van der Waals surface area (Å²) in [5.74, 6) is -1.99. The Bertz CT molecular complexity index is 1510. The molecule has 0 fully saturated rings. The highest BCUT2D eigenvalue weighted by Crippen LogP contribution is 2.36. The first-order valence-electron chi connectivity index (χ1n) is 12.4. The first kappa shape index (κ1) is 30.0. The summed E-state index contributed by atoms with van der Waals surface area (Å²) in [4.78, 5) is 14.2. The molecule has 11 heteroatoms. The molecule has 40 heavy (non-hydrogen) atoms. The van der Waals surface area contributed by atoms with E-state index in [9.17, 15) is 33.3 Å². The molecule has 0 saturated heterocycles. The van der Waals surface area contributed by atoms with Crippen molar-refractivity contribution < 1.29 is 33.3 Å². The summed E-state index contributed by atoms with van der Waals surface area (Å²) < 4.78 is 42.2. The summed E-state index contributed by atoms with van der Waals surface area (Å²) in [7, 11) is 0. The molecule has 0 aliphatic heterocycles. The molecular formula is C29H28ClF3N2O4S. The van der Waals surface area contributed by atoms with Crippen molar-refractivity contribution in [1.29, 1.82) is 0 Å². The lowest BCUT2D eigenvalue weighted by molar-refractivity contribution is -0.210. The van der Waals surface area contributed by atoms with Gasteiger partial charge in [-0.1, -0.05) is 36.7 Å². The summed E-state index contributed by atoms with van der Waals surface area (Å²) in [5, 5.41) is 34.0. The van der Waals surface area contributed by atoms with Crippen LogP contribution in [0.4, 0.5) is 13.2 Å². The van der Waals surface area contributed by atoms with Gasteiger partial charge in [-0.05, 0) is 65.4 Å². The zero-order valence-electron chi connectivity index (χ0n) is 21.7. The third-order valence-corrected chi connectivity index (χ3v) is 7.52. The van der Waals surface area contributed by atoms with E-state index in [1.165, 1.54) is 36.4 Å². The quantitative estimate of drug-likeness (QED) is 0.139. The molecule has 0 aliphatic rings. The van der Waals surface area contributed by atoms with E-state index in [0.29, 0.717) is 10.9 Å². The lowest BCUT2D eigenvalue weighted by Gasteiger charge is -2.23. The van der Waals surface area contributed by atoms with E-state index in [4.69, 9.17) is 11.6 Å². The number of amides is 1. The zero-order chi connectivity index (χ0) is 29.2. The van der Waals surface area contributed by atoms with Crippen LogP contribution in [-0.4, -0.2) is 38.2 Å². The van der Waals surface area contributed by atoms with Crippen LogP contribution in [0.3, 0.4) is 0 Å². The lowest BCUT2D eigenvalue weighted by Crippen LogP contribution is -2.31. The first-order valence-corrected chi connectivity index (χ1v) is 13.8. The van der Waals surface area contributed by atoms with Gasteiger partial charge in [0.15, 0.2) is 0 Å². The predicted octanol–water partition coefficient (Wildman–Crippen LogP) is 6.09. The minimum Gasteiger partial charge on any atom is -0.394 e. The van der Waals surface area contributed by atoms with Crippen molar-refractivity contribution in [3.8, 4) is 0 Å². The smallest absolute Gasteiger partial charge is 0.394 e. The normalized spacial score (nSPS) is 13.0. The van der Waals surface area contributed by atoms with E-state index in [-0.39, 0.29) is 34.9 Å². The van der Waals surface area contributed by atoms with Gasteiger partial charge in [-0.15, -0.1) is 11.8 Å². The number of aliphatic hydroxyl groups excluding tert-OH is 1. The van der Waals surface area contributed by atoms with Crippen LogP contribution in [0.25, 0.3) is 10.9 Å². The molecule has 1 heterocycles. The monoisotopic (exact) mass is 592 g/mol. The van der Waals surface area contributed by atoms with Gasteiger partial charge in [0.1, 0.15) is 0 Å². The maximum absolute atomic E-state index is 13.7. The molecule has 0 bridgehead atoms. The molecule has 1 unspecified atom stereocenters. The Morgan fingerprint density at radius 1 is 1.05 bits per heavy atom. The van der Waals surface area contributed by atoms with Gasteiger partial charge in [-0.3, -0.25) is 9.36 Å². The van der Waals surface area contributed by atoms with Gasteiger partial charge in [-0.2, -0.15) is 13.2 Å². The van der Waals surface area contributed by atoms with Crippen molar-refractivity contribution in [2.75, 3.05) is 12.4 Å². The Hall–Kier alpha value is -3.02. The summed E-state index contributed by atoms with van der Waals surface area (Å²) in [6.07, 6.45) is -4.94. The molecule has 4 rings (SSSR count). The number of hydrogen-bond donors (Lipinski definition) is 4. The first-order chi connectivity index (χ1) is 18.8. The van der Waals surface area contributed by atoms with Crippen LogP contribution in [0.15, 0.2) is 71.6 Å². The van der Waals surface area contributed by atoms with Crippen LogP contribution < -0.4 is 5.32 Å². The van der Waals surface area contributed by atoms with Gasteiger partial charge in [0.05, 0.1) is 23.7 Å². The fraction of sp³-hybridized carbons (Fsp3) is 0.276. The van der Waals surface area contributed by atoms with Gasteiger partial charge < -0.3 is 20.6 Å². The molecule has 212 valence electrons. The van der Waals surface area contributed by atoms with E-state index in [2.05, 4.69) is 5.32 Å². The number of nitrogens with zero attached hydrogens (tertiary/aromatic N) is 1. The number of aromatic nitrogens is 1. The van der Waals surface area contributed by atoms with Crippen molar-refractivity contribution in [1.82, 2.24) is 9.88 Å². The van der Waals surface area contributed by atoms with Crippen LogP contribution in [0.2, 0.25) is 5.02 Å². The number of carbonyl (C=O) groups excluding carboxylic acids is 1. The molecule has 3 aromatic carbocycles. The number of halogens is 4. The van der Waals surface area contributed by atoms with Gasteiger partial charge in [0.25, 0.3) is 5.91 Å². The summed E-state index contributed by atoms with van der Waals surface area (Å²) in [5.41, 5.74) is 0.428. The fourth-order valence-corrected chi connectivity index (χ4v) is 5.48. The average molecular weight is 593 g/mol. The van der Waals surface area contributed by atoms with Crippen LogP contribution >= 0.6 is 23.4 Å². The molecule has 1 amide bonds. The number of carbonyl (C=O) groups is 1. The third kappa shape index (κ3) is 6.64. The number of rotatable bonds is 9. The zero-order valence-corrected chi connectivity index (χ0v) is 23.2. The number of fused-ring (bicyclic) bond motifs is 1. The average Bonchev–Trinajstić information content (AvgIpc) is 3.26. The van der Waals surface area contributed by atoms with E-state index in [0.717, 1.165) is 33.8 Å². The molecule has 0 saturated carbocycles. The SMILES string of the molecule is CCSc1ccc(C(CO)NC(=O)c2ccc3c(c2)cc(Cc2ccc(Cl)cc2C(F)(F)F)n3C(C)(O)O)cc1. The highest BCUT2D eigenvalue weighted by atomic mass is 35.5. The number of benzene rings is 3. The number of thioether (sulfide) groups is 1. The predicted molar refractivity (Wildman–Crippen MR) is 149 cm³/mol. The minimum absolute atomic E-state index is 0.0709. The van der Waals surface area contributed by atoms with Crippen molar-refractivity contribution >= 4 is 40.2 Å². The van der Waals surface area contributed by atoms with Crippen LogP contribution in [0, 0.1) is 0 Å². The van der Waals surface area contributed by atoms with Crippen molar-refractivity contribution in [3.05, 3.63) is 99.7 Å². The van der Waals surface area contributed by atoms with Crippen LogP contribution in [0.1, 0.15) is 52.6 Å². The Kier molecular flexibility index (Phi) is 8.86. The lowest BCUT2D eigenvalue weighted by atomic mass is 10.0. The summed E-state index contributed by atoms with van der Waals surface area (Å²) in [6, 6.07) is 16.3. The van der Waals surface area contributed by atoms with Gasteiger partial charge in [-0.25, -0.2) is 0 Å². The van der Waals surface area contributed by atoms with Crippen molar-refractivity contribution in [3.63, 3.8) is 0 Å². The topological polar surface area (TPSA) is 94.7 Å². The minimum atomic E-state index is -4.66. The third-order valence-electron chi connectivity index (χ3n) is 6.39. The van der Waals surface area contributed by atoms with E-state index in [1.807, 2.05) is 31.2 Å². The second-order valence-corrected chi connectivity index (χ2v) is 11.2. The second kappa shape index (κ2) is 11.8. The largest absolute Gasteiger partial charge is 0.416 e. The van der Waals surface area contributed by atoms with E-state index >= 15 is 0 Å². The second-order valence-electron chi connectivity index (χ2n) is 9.40. The molecule has 0 radical (unpaired) electrons. The highest BCUT2D eigenvalue weighted by molar-refractivity contribution is 7.99. The number of alkyl halides is 3. The summed E-state index contributed by atoms with van der Waals surface area (Å²) in [6.45, 7) is 2.81. The Morgan fingerprint density at radius 3 is 2.35 bits per heavy atom. The fourth-order valence-electron chi connectivity index (χ4n) is 4.64. The van der Waals surface area contributed by atoms with E-state index < -0.39 is 29.6 Å². The molecule has 1 aromatic heterocycles. The molecule has 4 aromatic rings.